The summed E-state index contributed by atoms with van der Waals surface area (Å²) in [6.45, 7) is 4.26. The molecule has 0 bridgehead atoms. The van der Waals surface area contributed by atoms with Crippen LogP contribution in [0, 0.1) is 0 Å². The molecule has 2 nitrogen and oxygen atoms in total. The fourth-order valence-electron chi connectivity index (χ4n) is 1.75. The normalized spacial score (nSPS) is 10.5. The molecule has 1 N–H and O–H groups in total. The van der Waals surface area contributed by atoms with Gasteiger partial charge >= 0.3 is 0 Å². The van der Waals surface area contributed by atoms with E-state index in [-0.39, 0.29) is 0 Å². The molecular weight excluding hydrogens is 264 g/mol. The molecule has 0 heterocycles. The average Bonchev–Trinajstić information content (AvgIpc) is 2.28. The summed E-state index contributed by atoms with van der Waals surface area (Å²) in [5.74, 6) is 0. The van der Waals surface area contributed by atoms with Gasteiger partial charge in [-0.2, -0.15) is 0 Å². The predicted octanol–water partition coefficient (Wildman–Crippen LogP) is 3.40. The third kappa shape index (κ3) is 3.80. The Morgan fingerprint density at radius 2 is 2.12 bits per heavy atom. The number of anilines is 1. The number of halogens is 1. The Morgan fingerprint density at radius 3 is 2.75 bits per heavy atom. The first-order valence-corrected chi connectivity index (χ1v) is 6.62. The zero-order chi connectivity index (χ0) is 12.0. The van der Waals surface area contributed by atoms with Crippen LogP contribution in [0.1, 0.15) is 25.3 Å². The number of hydrogen-bond donors (Lipinski definition) is 1. The first-order valence-electron chi connectivity index (χ1n) is 5.83. The van der Waals surface area contributed by atoms with E-state index in [0.29, 0.717) is 0 Å². The number of hydrogen-bond acceptors (Lipinski definition) is 2. The summed E-state index contributed by atoms with van der Waals surface area (Å²) >= 11 is 3.54. The lowest BCUT2D eigenvalue weighted by molar-refractivity contribution is 0.754. The van der Waals surface area contributed by atoms with Gasteiger partial charge in [0, 0.05) is 30.3 Å². The molecule has 0 aliphatic rings. The second-order valence-corrected chi connectivity index (χ2v) is 4.99. The van der Waals surface area contributed by atoms with Gasteiger partial charge in [-0.1, -0.05) is 35.3 Å². The van der Waals surface area contributed by atoms with Gasteiger partial charge in [0.1, 0.15) is 0 Å². The van der Waals surface area contributed by atoms with Gasteiger partial charge in [0.15, 0.2) is 0 Å². The van der Waals surface area contributed by atoms with Crippen molar-refractivity contribution in [1.82, 2.24) is 5.32 Å². The summed E-state index contributed by atoms with van der Waals surface area (Å²) < 4.78 is 1.14. The van der Waals surface area contributed by atoms with Gasteiger partial charge in [-0.15, -0.1) is 0 Å². The van der Waals surface area contributed by atoms with Crippen molar-refractivity contribution in [3.8, 4) is 0 Å². The van der Waals surface area contributed by atoms with E-state index in [9.17, 15) is 0 Å². The molecular formula is C13H21BrN2. The second-order valence-electron chi connectivity index (χ2n) is 4.08. The van der Waals surface area contributed by atoms with Crippen LogP contribution in [0.2, 0.25) is 0 Å². The molecule has 1 aromatic rings. The van der Waals surface area contributed by atoms with Crippen LogP contribution in [0.25, 0.3) is 0 Å². The van der Waals surface area contributed by atoms with Crippen molar-refractivity contribution in [2.24, 2.45) is 0 Å². The minimum absolute atomic E-state index is 0.916. The smallest absolute Gasteiger partial charge is 0.0420 e. The van der Waals surface area contributed by atoms with Gasteiger partial charge in [0.05, 0.1) is 0 Å². The van der Waals surface area contributed by atoms with Gasteiger partial charge in [-0.3, -0.25) is 0 Å². The van der Waals surface area contributed by atoms with E-state index in [1.165, 1.54) is 24.1 Å². The van der Waals surface area contributed by atoms with Crippen LogP contribution in [0.4, 0.5) is 5.69 Å². The van der Waals surface area contributed by atoms with Crippen molar-refractivity contribution in [2.45, 2.75) is 26.3 Å². The Hall–Kier alpha value is -0.540. The molecule has 0 amide bonds. The van der Waals surface area contributed by atoms with Gasteiger partial charge in [0.2, 0.25) is 0 Å². The zero-order valence-corrected chi connectivity index (χ0v) is 12.0. The largest absolute Gasteiger partial charge is 0.374 e. The number of nitrogens with one attached hydrogen (secondary N) is 1. The number of rotatable bonds is 6. The molecule has 1 aromatic carbocycles. The third-order valence-electron chi connectivity index (χ3n) is 2.67. The molecule has 16 heavy (non-hydrogen) atoms. The maximum absolute atomic E-state index is 3.54. The average molecular weight is 285 g/mol. The molecule has 0 fully saturated rings. The van der Waals surface area contributed by atoms with E-state index < -0.39 is 0 Å². The molecule has 0 aromatic heterocycles. The van der Waals surface area contributed by atoms with Gasteiger partial charge < -0.3 is 10.2 Å². The third-order valence-corrected chi connectivity index (χ3v) is 3.17. The lowest BCUT2D eigenvalue weighted by Crippen LogP contribution is -2.21. The summed E-state index contributed by atoms with van der Waals surface area (Å²) in [7, 11) is 4.15. The van der Waals surface area contributed by atoms with E-state index in [1.54, 1.807) is 0 Å². The van der Waals surface area contributed by atoms with Crippen LogP contribution >= 0.6 is 15.9 Å². The molecule has 3 heteroatoms. The van der Waals surface area contributed by atoms with Crippen molar-refractivity contribution in [2.75, 3.05) is 25.5 Å². The monoisotopic (exact) mass is 284 g/mol. The summed E-state index contributed by atoms with van der Waals surface area (Å²) in [5.41, 5.74) is 2.67. The second kappa shape index (κ2) is 6.92. The standard InChI is InChI=1S/C13H21BrN2/c1-4-5-8-16(3)13-9-12(14)7-6-11(13)10-15-2/h6-7,9,15H,4-5,8,10H2,1-3H3. The highest BCUT2D eigenvalue weighted by Gasteiger charge is 2.07. The minimum atomic E-state index is 0.916. The van der Waals surface area contributed by atoms with Crippen molar-refractivity contribution in [3.05, 3.63) is 28.2 Å². The molecule has 90 valence electrons. The molecule has 0 unspecified atom stereocenters. The van der Waals surface area contributed by atoms with Crippen molar-refractivity contribution < 1.29 is 0 Å². The number of unbranched alkanes of at least 4 members (excludes halogenated alkanes) is 1. The fraction of sp³-hybridized carbons (Fsp3) is 0.538. The van der Waals surface area contributed by atoms with Crippen LogP contribution in [0.3, 0.4) is 0 Å². The summed E-state index contributed by atoms with van der Waals surface area (Å²) in [4.78, 5) is 2.33. The molecule has 0 atom stereocenters. The van der Waals surface area contributed by atoms with E-state index in [0.717, 1.165) is 17.6 Å². The van der Waals surface area contributed by atoms with Crippen LogP contribution in [-0.2, 0) is 6.54 Å². The Bertz CT molecular complexity index is 326. The topological polar surface area (TPSA) is 15.3 Å². The quantitative estimate of drug-likeness (QED) is 0.861. The molecule has 0 saturated carbocycles. The predicted molar refractivity (Wildman–Crippen MR) is 75.1 cm³/mol. The van der Waals surface area contributed by atoms with E-state index in [1.807, 2.05) is 7.05 Å². The first kappa shape index (κ1) is 13.5. The van der Waals surface area contributed by atoms with E-state index in [4.69, 9.17) is 0 Å². The maximum atomic E-state index is 3.54. The van der Waals surface area contributed by atoms with Crippen molar-refractivity contribution in [1.29, 1.82) is 0 Å². The first-order chi connectivity index (χ1) is 7.69. The summed E-state index contributed by atoms with van der Waals surface area (Å²) in [6.07, 6.45) is 2.47. The lowest BCUT2D eigenvalue weighted by atomic mass is 10.1. The molecule has 0 aliphatic heterocycles. The Labute approximate surface area is 107 Å². The summed E-state index contributed by atoms with van der Waals surface area (Å²) in [6, 6.07) is 6.48. The van der Waals surface area contributed by atoms with E-state index in [2.05, 4.69) is 58.3 Å². The van der Waals surface area contributed by atoms with Gasteiger partial charge in [-0.05, 0) is 31.2 Å². The molecule has 0 aliphatic carbocycles. The van der Waals surface area contributed by atoms with Crippen molar-refractivity contribution in [3.63, 3.8) is 0 Å². The number of nitrogens with zero attached hydrogens (tertiary/aromatic N) is 1. The Kier molecular flexibility index (Phi) is 5.85. The van der Waals surface area contributed by atoms with Gasteiger partial charge in [0.25, 0.3) is 0 Å². The maximum Gasteiger partial charge on any atom is 0.0420 e. The Morgan fingerprint density at radius 1 is 1.38 bits per heavy atom. The lowest BCUT2D eigenvalue weighted by Gasteiger charge is -2.22. The van der Waals surface area contributed by atoms with E-state index >= 15 is 0 Å². The van der Waals surface area contributed by atoms with Gasteiger partial charge in [-0.25, -0.2) is 0 Å². The fourth-order valence-corrected chi connectivity index (χ4v) is 2.10. The van der Waals surface area contributed by atoms with Crippen LogP contribution in [0.5, 0.6) is 0 Å². The minimum Gasteiger partial charge on any atom is -0.374 e. The van der Waals surface area contributed by atoms with Crippen LogP contribution in [-0.4, -0.2) is 20.6 Å². The molecule has 0 spiro atoms. The highest BCUT2D eigenvalue weighted by molar-refractivity contribution is 9.10. The van der Waals surface area contributed by atoms with Crippen molar-refractivity contribution >= 4 is 21.6 Å². The number of benzene rings is 1. The Balaban J connectivity index is 2.85. The molecule has 0 radical (unpaired) electrons. The summed E-state index contributed by atoms with van der Waals surface area (Å²) in [5, 5.41) is 3.21. The van der Waals surface area contributed by atoms with Crippen LogP contribution < -0.4 is 10.2 Å². The highest BCUT2D eigenvalue weighted by atomic mass is 79.9. The SMILES string of the molecule is CCCCN(C)c1cc(Br)ccc1CNC. The van der Waals surface area contributed by atoms with Crippen LogP contribution in [0.15, 0.2) is 22.7 Å². The molecule has 0 saturated heterocycles. The zero-order valence-electron chi connectivity index (χ0n) is 10.4. The highest BCUT2D eigenvalue weighted by Crippen LogP contribution is 2.24. The molecule has 1 rings (SSSR count).